The Morgan fingerprint density at radius 1 is 1.33 bits per heavy atom. The van der Waals surface area contributed by atoms with Crippen LogP contribution in [-0.2, 0) is 31.3 Å². The Kier molecular flexibility index (Phi) is 5.16. The number of fused-ring (bicyclic) bond motifs is 1. The molecule has 0 aromatic carbocycles. The third-order valence-corrected chi connectivity index (χ3v) is 4.28. The molecule has 144 valence electrons. The van der Waals surface area contributed by atoms with Crippen molar-refractivity contribution in [1.29, 1.82) is 0 Å². The summed E-state index contributed by atoms with van der Waals surface area (Å²) >= 11 is 0. The van der Waals surface area contributed by atoms with E-state index in [1.165, 1.54) is 0 Å². The Bertz CT molecular complexity index is 839. The summed E-state index contributed by atoms with van der Waals surface area (Å²) in [6.45, 7) is 6.73. The van der Waals surface area contributed by atoms with Crippen LogP contribution in [0.1, 0.15) is 48.1 Å². The number of carbonyl (C=O) groups is 2. The Morgan fingerprint density at radius 3 is 2.78 bits per heavy atom. The number of pyridine rings is 1. The van der Waals surface area contributed by atoms with Gasteiger partial charge in [0, 0.05) is 50.2 Å². The highest BCUT2D eigenvalue weighted by atomic mass is 16.6. The first-order valence-corrected chi connectivity index (χ1v) is 8.94. The molecule has 0 atom stereocenters. The van der Waals surface area contributed by atoms with Gasteiger partial charge in [-0.05, 0) is 32.4 Å². The molecule has 0 unspecified atom stereocenters. The van der Waals surface area contributed by atoms with E-state index in [0.29, 0.717) is 31.7 Å². The summed E-state index contributed by atoms with van der Waals surface area (Å²) in [5.74, 6) is -0.262. The number of amides is 2. The lowest BCUT2D eigenvalue weighted by Crippen LogP contribution is -2.40. The molecule has 3 rings (SSSR count). The second-order valence-corrected chi connectivity index (χ2v) is 7.59. The number of nitrogens with zero attached hydrogens (tertiary/aromatic N) is 4. The molecule has 2 amide bonds. The number of aromatic nitrogens is 3. The van der Waals surface area contributed by atoms with Crippen LogP contribution >= 0.6 is 0 Å². The molecular weight excluding hydrogens is 346 g/mol. The van der Waals surface area contributed by atoms with Crippen LogP contribution in [0.4, 0.5) is 4.79 Å². The third kappa shape index (κ3) is 4.45. The average molecular weight is 371 g/mol. The van der Waals surface area contributed by atoms with E-state index in [-0.39, 0.29) is 12.0 Å². The first-order valence-electron chi connectivity index (χ1n) is 8.94. The number of rotatable bonds is 3. The van der Waals surface area contributed by atoms with E-state index < -0.39 is 5.60 Å². The van der Waals surface area contributed by atoms with Crippen molar-refractivity contribution in [1.82, 2.24) is 25.0 Å². The molecule has 1 aliphatic rings. The smallest absolute Gasteiger partial charge is 0.410 e. The van der Waals surface area contributed by atoms with Crippen LogP contribution in [0.3, 0.4) is 0 Å². The molecule has 0 aliphatic carbocycles. The largest absolute Gasteiger partial charge is 0.444 e. The van der Waals surface area contributed by atoms with Crippen LogP contribution in [0.25, 0.3) is 0 Å². The topological polar surface area (TPSA) is 89.4 Å². The second-order valence-electron chi connectivity index (χ2n) is 7.59. The maximum atomic E-state index is 12.7. The van der Waals surface area contributed by atoms with Crippen molar-refractivity contribution in [2.24, 2.45) is 7.05 Å². The highest BCUT2D eigenvalue weighted by Crippen LogP contribution is 2.24. The number of aryl methyl sites for hydroxylation is 1. The number of carbonyl (C=O) groups excluding carboxylic acids is 2. The minimum absolute atomic E-state index is 0.262. The molecule has 2 aromatic heterocycles. The first kappa shape index (κ1) is 18.9. The summed E-state index contributed by atoms with van der Waals surface area (Å²) in [6.07, 6.45) is 3.65. The molecule has 0 fully saturated rings. The lowest BCUT2D eigenvalue weighted by Gasteiger charge is -2.30. The number of ether oxygens (including phenoxy) is 1. The van der Waals surface area contributed by atoms with Gasteiger partial charge in [-0.15, -0.1) is 0 Å². The van der Waals surface area contributed by atoms with E-state index in [1.807, 2.05) is 40.0 Å². The van der Waals surface area contributed by atoms with Crippen molar-refractivity contribution in [3.63, 3.8) is 0 Å². The van der Waals surface area contributed by atoms with Crippen LogP contribution in [0, 0.1) is 0 Å². The van der Waals surface area contributed by atoms with Gasteiger partial charge in [0.15, 0.2) is 5.69 Å². The predicted octanol–water partition coefficient (Wildman–Crippen LogP) is 2.04. The minimum Gasteiger partial charge on any atom is -0.444 e. The summed E-state index contributed by atoms with van der Waals surface area (Å²) < 4.78 is 7.18. The average Bonchev–Trinajstić information content (AvgIpc) is 2.95. The third-order valence-electron chi connectivity index (χ3n) is 4.28. The van der Waals surface area contributed by atoms with E-state index in [4.69, 9.17) is 4.74 Å². The number of hydrogen-bond acceptors (Lipinski definition) is 5. The summed E-state index contributed by atoms with van der Waals surface area (Å²) in [6, 6.07) is 3.72. The molecule has 3 heterocycles. The zero-order chi connectivity index (χ0) is 19.6. The van der Waals surface area contributed by atoms with Crippen molar-refractivity contribution in [3.8, 4) is 0 Å². The molecule has 0 saturated heterocycles. The fourth-order valence-electron chi connectivity index (χ4n) is 3.03. The van der Waals surface area contributed by atoms with Crippen LogP contribution in [-0.4, -0.2) is 43.8 Å². The van der Waals surface area contributed by atoms with Crippen molar-refractivity contribution < 1.29 is 14.3 Å². The van der Waals surface area contributed by atoms with Gasteiger partial charge in [-0.1, -0.05) is 6.07 Å². The highest BCUT2D eigenvalue weighted by Gasteiger charge is 2.31. The zero-order valence-corrected chi connectivity index (χ0v) is 16.2. The molecule has 1 N–H and O–H groups in total. The monoisotopic (exact) mass is 371 g/mol. The van der Waals surface area contributed by atoms with Crippen molar-refractivity contribution in [2.45, 2.75) is 45.9 Å². The summed E-state index contributed by atoms with van der Waals surface area (Å²) in [5.41, 5.74) is 2.45. The minimum atomic E-state index is -0.559. The van der Waals surface area contributed by atoms with Gasteiger partial charge in [-0.2, -0.15) is 5.10 Å². The Hall–Kier alpha value is -2.90. The molecule has 2 aromatic rings. The Labute approximate surface area is 158 Å². The summed E-state index contributed by atoms with van der Waals surface area (Å²) in [4.78, 5) is 30.7. The maximum absolute atomic E-state index is 12.7. The molecule has 8 heteroatoms. The predicted molar refractivity (Wildman–Crippen MR) is 99.0 cm³/mol. The number of hydrogen-bond donors (Lipinski definition) is 1. The zero-order valence-electron chi connectivity index (χ0n) is 16.2. The quantitative estimate of drug-likeness (QED) is 0.892. The lowest BCUT2D eigenvalue weighted by atomic mass is 10.0. The van der Waals surface area contributed by atoms with Gasteiger partial charge in [-0.3, -0.25) is 14.5 Å². The normalized spacial score (nSPS) is 13.9. The van der Waals surface area contributed by atoms with Gasteiger partial charge < -0.3 is 15.0 Å². The molecular formula is C19H25N5O3. The highest BCUT2D eigenvalue weighted by molar-refractivity contribution is 5.94. The molecule has 8 nitrogen and oxygen atoms in total. The van der Waals surface area contributed by atoms with Crippen molar-refractivity contribution in [3.05, 3.63) is 47.0 Å². The second kappa shape index (κ2) is 7.38. The van der Waals surface area contributed by atoms with E-state index in [0.717, 1.165) is 16.8 Å². The summed E-state index contributed by atoms with van der Waals surface area (Å²) in [7, 11) is 1.82. The van der Waals surface area contributed by atoms with Gasteiger partial charge in [0.05, 0.1) is 6.54 Å². The van der Waals surface area contributed by atoms with E-state index in [9.17, 15) is 9.59 Å². The lowest BCUT2D eigenvalue weighted by molar-refractivity contribution is 0.0221. The van der Waals surface area contributed by atoms with E-state index in [1.54, 1.807) is 22.0 Å². The molecule has 27 heavy (non-hydrogen) atoms. The van der Waals surface area contributed by atoms with E-state index in [2.05, 4.69) is 15.4 Å². The van der Waals surface area contributed by atoms with Crippen LogP contribution in [0.15, 0.2) is 24.5 Å². The molecule has 0 radical (unpaired) electrons. The molecule has 0 bridgehead atoms. The van der Waals surface area contributed by atoms with Crippen LogP contribution < -0.4 is 5.32 Å². The van der Waals surface area contributed by atoms with Crippen molar-refractivity contribution >= 4 is 12.0 Å². The maximum Gasteiger partial charge on any atom is 0.410 e. The fraction of sp³-hybridized carbons (Fsp3) is 0.474. The van der Waals surface area contributed by atoms with Gasteiger partial charge in [-0.25, -0.2) is 4.79 Å². The van der Waals surface area contributed by atoms with E-state index >= 15 is 0 Å². The van der Waals surface area contributed by atoms with Gasteiger partial charge in [0.25, 0.3) is 5.91 Å². The van der Waals surface area contributed by atoms with Gasteiger partial charge in [0.2, 0.25) is 0 Å². The Morgan fingerprint density at radius 2 is 2.11 bits per heavy atom. The number of nitrogens with one attached hydrogen (secondary N) is 1. The molecule has 0 spiro atoms. The van der Waals surface area contributed by atoms with Gasteiger partial charge in [0.1, 0.15) is 5.60 Å². The Balaban J connectivity index is 1.74. The first-order chi connectivity index (χ1) is 12.7. The standard InChI is InChI=1S/C19H25N5O3/c1-19(2,3)27-18(26)24-9-7-15-14(12-24)16(22-23(15)4)17(25)21-11-13-6-5-8-20-10-13/h5-6,8,10H,7,9,11-12H2,1-4H3,(H,21,25). The van der Waals surface area contributed by atoms with Gasteiger partial charge >= 0.3 is 6.09 Å². The fourth-order valence-corrected chi connectivity index (χ4v) is 3.03. The van der Waals surface area contributed by atoms with Crippen molar-refractivity contribution in [2.75, 3.05) is 6.54 Å². The molecule has 1 aliphatic heterocycles. The molecule has 0 saturated carbocycles. The van der Waals surface area contributed by atoms with Crippen LogP contribution in [0.5, 0.6) is 0 Å². The SMILES string of the molecule is Cn1nc(C(=O)NCc2cccnc2)c2c1CCN(C(=O)OC(C)(C)C)C2. The van der Waals surface area contributed by atoms with Crippen LogP contribution in [0.2, 0.25) is 0 Å². The summed E-state index contributed by atoms with van der Waals surface area (Å²) in [5, 5.41) is 7.25.